The van der Waals surface area contributed by atoms with E-state index in [4.69, 9.17) is 11.6 Å². The van der Waals surface area contributed by atoms with Crippen LogP contribution < -0.4 is 5.32 Å². The Balaban J connectivity index is 1.36. The van der Waals surface area contributed by atoms with E-state index in [0.717, 1.165) is 23.4 Å². The Hall–Kier alpha value is -3.16. The maximum atomic E-state index is 13.2. The van der Waals surface area contributed by atoms with Gasteiger partial charge in [0.2, 0.25) is 5.91 Å². The average molecular weight is 466 g/mol. The Kier molecular flexibility index (Phi) is 7.11. The van der Waals surface area contributed by atoms with E-state index in [9.17, 15) is 9.59 Å². The molecule has 33 heavy (non-hydrogen) atoms. The number of rotatable bonds is 6. The first-order chi connectivity index (χ1) is 16.0. The number of anilines is 1. The number of amides is 2. The summed E-state index contributed by atoms with van der Waals surface area (Å²) < 4.78 is 1.60. The zero-order chi connectivity index (χ0) is 23.4. The number of para-hydroxylation sites is 2. The number of carbonyl (C=O) groups excluding carboxylic acids is 2. The molecule has 8 heteroatoms. The van der Waals surface area contributed by atoms with E-state index >= 15 is 0 Å². The lowest BCUT2D eigenvalue weighted by Crippen LogP contribution is -2.50. The third kappa shape index (κ3) is 5.10. The lowest BCUT2D eigenvalue weighted by atomic mass is 10.1. The number of aryl methyl sites for hydroxylation is 2. The largest absolute Gasteiger partial charge is 0.336 e. The molecular formula is C25H28ClN5O2. The Morgan fingerprint density at radius 1 is 1.00 bits per heavy atom. The van der Waals surface area contributed by atoms with Gasteiger partial charge in [-0.1, -0.05) is 54.9 Å². The zero-order valence-corrected chi connectivity index (χ0v) is 19.7. The molecule has 0 saturated carbocycles. The molecule has 1 aliphatic rings. The first-order valence-electron chi connectivity index (χ1n) is 11.2. The lowest BCUT2D eigenvalue weighted by molar-refractivity contribution is -0.117. The summed E-state index contributed by atoms with van der Waals surface area (Å²) in [6.45, 7) is 6.47. The number of hydrogen-bond donors (Lipinski definition) is 1. The van der Waals surface area contributed by atoms with Crippen molar-refractivity contribution in [2.45, 2.75) is 20.3 Å². The highest BCUT2D eigenvalue weighted by atomic mass is 35.5. The first kappa shape index (κ1) is 23.0. The summed E-state index contributed by atoms with van der Waals surface area (Å²) in [5.41, 5.74) is 3.82. The number of nitrogens with one attached hydrogen (secondary N) is 1. The zero-order valence-electron chi connectivity index (χ0n) is 18.9. The molecule has 1 fully saturated rings. The molecule has 172 valence electrons. The van der Waals surface area contributed by atoms with Crippen molar-refractivity contribution >= 4 is 29.1 Å². The molecule has 4 rings (SSSR count). The molecule has 1 aromatic heterocycles. The minimum Gasteiger partial charge on any atom is -0.336 e. The van der Waals surface area contributed by atoms with Gasteiger partial charge >= 0.3 is 0 Å². The summed E-state index contributed by atoms with van der Waals surface area (Å²) in [6.07, 6.45) is 0.861. The van der Waals surface area contributed by atoms with Crippen LogP contribution in [0.4, 0.5) is 5.69 Å². The summed E-state index contributed by atoms with van der Waals surface area (Å²) in [5, 5.41) is 7.81. The van der Waals surface area contributed by atoms with Crippen molar-refractivity contribution in [2.75, 3.05) is 38.0 Å². The molecule has 2 heterocycles. The minimum atomic E-state index is -0.124. The van der Waals surface area contributed by atoms with Gasteiger partial charge in [-0.05, 0) is 37.1 Å². The number of aromatic nitrogens is 2. The molecule has 0 radical (unpaired) electrons. The number of hydrogen-bond acceptors (Lipinski definition) is 4. The van der Waals surface area contributed by atoms with Crippen molar-refractivity contribution in [1.29, 1.82) is 0 Å². The molecule has 0 unspecified atom stereocenters. The fourth-order valence-electron chi connectivity index (χ4n) is 4.09. The van der Waals surface area contributed by atoms with E-state index in [-0.39, 0.29) is 11.8 Å². The average Bonchev–Trinajstić information content (AvgIpc) is 3.13. The van der Waals surface area contributed by atoms with E-state index in [0.29, 0.717) is 49.1 Å². The van der Waals surface area contributed by atoms with Crippen LogP contribution in [-0.2, 0) is 11.2 Å². The molecule has 3 aromatic rings. The van der Waals surface area contributed by atoms with Crippen LogP contribution in [0.5, 0.6) is 0 Å². The van der Waals surface area contributed by atoms with Gasteiger partial charge in [-0.15, -0.1) is 0 Å². The molecule has 0 bridgehead atoms. The normalized spacial score (nSPS) is 14.3. The van der Waals surface area contributed by atoms with Crippen molar-refractivity contribution in [1.82, 2.24) is 19.6 Å². The molecule has 0 atom stereocenters. The molecule has 0 aliphatic carbocycles. The number of carbonyl (C=O) groups is 2. The smallest absolute Gasteiger partial charge is 0.258 e. The van der Waals surface area contributed by atoms with Crippen LogP contribution in [0.1, 0.15) is 28.5 Å². The molecule has 1 saturated heterocycles. The third-order valence-electron chi connectivity index (χ3n) is 5.92. The third-order valence-corrected chi connectivity index (χ3v) is 6.27. The van der Waals surface area contributed by atoms with E-state index in [2.05, 4.69) is 22.2 Å². The van der Waals surface area contributed by atoms with Gasteiger partial charge in [0, 0.05) is 31.9 Å². The Bertz CT molecular complexity index is 1140. The van der Waals surface area contributed by atoms with Gasteiger partial charge in [-0.25, -0.2) is 4.68 Å². The SMILES string of the molecule is CCc1ccccc1NC(=O)CN1CCN(C(=O)c2c(C)nn(-c3ccccc3)c2Cl)CC1. The molecule has 2 amide bonds. The van der Waals surface area contributed by atoms with Crippen LogP contribution in [0, 0.1) is 6.92 Å². The lowest BCUT2D eigenvalue weighted by Gasteiger charge is -2.34. The van der Waals surface area contributed by atoms with Crippen LogP contribution in [-0.4, -0.2) is 64.1 Å². The van der Waals surface area contributed by atoms with Gasteiger partial charge in [-0.3, -0.25) is 14.5 Å². The number of halogens is 1. The maximum absolute atomic E-state index is 13.2. The van der Waals surface area contributed by atoms with Gasteiger partial charge in [0.15, 0.2) is 0 Å². The Labute approximate surface area is 198 Å². The highest BCUT2D eigenvalue weighted by molar-refractivity contribution is 6.33. The van der Waals surface area contributed by atoms with E-state index < -0.39 is 0 Å². The second kappa shape index (κ2) is 10.2. The van der Waals surface area contributed by atoms with Crippen LogP contribution in [0.3, 0.4) is 0 Å². The van der Waals surface area contributed by atoms with Gasteiger partial charge < -0.3 is 10.2 Å². The second-order valence-corrected chi connectivity index (χ2v) is 8.48. The molecule has 1 aliphatic heterocycles. The van der Waals surface area contributed by atoms with Crippen molar-refractivity contribution in [3.8, 4) is 5.69 Å². The highest BCUT2D eigenvalue weighted by Gasteiger charge is 2.28. The monoisotopic (exact) mass is 465 g/mol. The highest BCUT2D eigenvalue weighted by Crippen LogP contribution is 2.25. The summed E-state index contributed by atoms with van der Waals surface area (Å²) >= 11 is 6.57. The van der Waals surface area contributed by atoms with Gasteiger partial charge in [-0.2, -0.15) is 5.10 Å². The first-order valence-corrected chi connectivity index (χ1v) is 11.6. The topological polar surface area (TPSA) is 70.5 Å². The standard InChI is InChI=1S/C25H28ClN5O2/c1-3-19-9-7-8-12-21(19)27-22(32)17-29-13-15-30(16-14-29)25(33)23-18(2)28-31(24(23)26)20-10-5-4-6-11-20/h4-12H,3,13-17H2,1-2H3,(H,27,32). The van der Waals surface area contributed by atoms with Crippen LogP contribution in [0.25, 0.3) is 5.69 Å². The molecule has 0 spiro atoms. The van der Waals surface area contributed by atoms with Crippen molar-refractivity contribution in [3.05, 3.63) is 76.6 Å². The maximum Gasteiger partial charge on any atom is 0.258 e. The summed E-state index contributed by atoms with van der Waals surface area (Å²) in [6, 6.07) is 17.4. The minimum absolute atomic E-state index is 0.0429. The van der Waals surface area contributed by atoms with Crippen molar-refractivity contribution in [2.24, 2.45) is 0 Å². The predicted molar refractivity (Wildman–Crippen MR) is 130 cm³/mol. The van der Waals surface area contributed by atoms with Gasteiger partial charge in [0.25, 0.3) is 5.91 Å². The van der Waals surface area contributed by atoms with E-state index in [1.165, 1.54) is 0 Å². The van der Waals surface area contributed by atoms with Gasteiger partial charge in [0.1, 0.15) is 5.15 Å². The summed E-state index contributed by atoms with van der Waals surface area (Å²) in [5.74, 6) is -0.167. The van der Waals surface area contributed by atoms with Crippen LogP contribution in [0.2, 0.25) is 5.15 Å². The van der Waals surface area contributed by atoms with Crippen molar-refractivity contribution < 1.29 is 9.59 Å². The van der Waals surface area contributed by atoms with Crippen molar-refractivity contribution in [3.63, 3.8) is 0 Å². The van der Waals surface area contributed by atoms with Crippen LogP contribution in [0.15, 0.2) is 54.6 Å². The molecule has 1 N–H and O–H groups in total. The number of piperazine rings is 1. The second-order valence-electron chi connectivity index (χ2n) is 8.13. The fraction of sp³-hybridized carbons (Fsp3) is 0.320. The Morgan fingerprint density at radius 2 is 1.67 bits per heavy atom. The number of nitrogens with zero attached hydrogens (tertiary/aromatic N) is 4. The van der Waals surface area contributed by atoms with Gasteiger partial charge in [0.05, 0.1) is 23.5 Å². The van der Waals surface area contributed by atoms with Crippen LogP contribution >= 0.6 is 11.6 Å². The predicted octanol–water partition coefficient (Wildman–Crippen LogP) is 3.79. The fourth-order valence-corrected chi connectivity index (χ4v) is 4.45. The van der Waals surface area contributed by atoms with E-state index in [1.807, 2.05) is 54.6 Å². The molecular weight excluding hydrogens is 438 g/mol. The molecule has 7 nitrogen and oxygen atoms in total. The molecule has 2 aromatic carbocycles. The Morgan fingerprint density at radius 3 is 2.36 bits per heavy atom. The summed E-state index contributed by atoms with van der Waals surface area (Å²) in [4.78, 5) is 29.6. The summed E-state index contributed by atoms with van der Waals surface area (Å²) in [7, 11) is 0. The quantitative estimate of drug-likeness (QED) is 0.601. The number of benzene rings is 2. The van der Waals surface area contributed by atoms with E-state index in [1.54, 1.807) is 16.5 Å².